The van der Waals surface area contributed by atoms with Crippen molar-refractivity contribution >= 4 is 17.2 Å². The van der Waals surface area contributed by atoms with Crippen molar-refractivity contribution in [3.8, 4) is 0 Å². The standard InChI is InChI=1S/C12H19N3S/c1-2-10-7-14-11(16-10)8-15-12(13)9-5-3-4-6-9/h7,9H,2-6,8H2,1H3,(H2,13,15). The van der Waals surface area contributed by atoms with E-state index in [1.54, 1.807) is 11.3 Å². The number of rotatable bonds is 4. The van der Waals surface area contributed by atoms with Crippen LogP contribution in [-0.2, 0) is 13.0 Å². The monoisotopic (exact) mass is 237 g/mol. The normalized spacial score (nSPS) is 18.2. The van der Waals surface area contributed by atoms with Crippen LogP contribution in [0.2, 0.25) is 0 Å². The first-order valence-electron chi connectivity index (χ1n) is 6.03. The lowest BCUT2D eigenvalue weighted by molar-refractivity contribution is 0.715. The molecule has 2 rings (SSSR count). The molecule has 1 saturated carbocycles. The second-order valence-electron chi connectivity index (χ2n) is 4.30. The molecule has 1 aromatic heterocycles. The van der Waals surface area contributed by atoms with Crippen molar-refractivity contribution in [3.05, 3.63) is 16.1 Å². The third kappa shape index (κ3) is 2.82. The van der Waals surface area contributed by atoms with E-state index in [4.69, 9.17) is 5.73 Å². The summed E-state index contributed by atoms with van der Waals surface area (Å²) in [4.78, 5) is 10.1. The highest BCUT2D eigenvalue weighted by Crippen LogP contribution is 2.25. The van der Waals surface area contributed by atoms with E-state index < -0.39 is 0 Å². The Kier molecular flexibility index (Phi) is 3.93. The first-order chi connectivity index (χ1) is 7.79. The number of amidine groups is 1. The fraction of sp³-hybridized carbons (Fsp3) is 0.667. The molecular weight excluding hydrogens is 218 g/mol. The number of aliphatic imine (C=N–C) groups is 1. The number of hydrogen-bond acceptors (Lipinski definition) is 3. The minimum atomic E-state index is 0.533. The topological polar surface area (TPSA) is 51.3 Å². The van der Waals surface area contributed by atoms with Crippen LogP contribution < -0.4 is 5.73 Å². The van der Waals surface area contributed by atoms with Gasteiger partial charge in [0.05, 0.1) is 12.4 Å². The third-order valence-corrected chi connectivity index (χ3v) is 4.25. The Hall–Kier alpha value is -0.900. The van der Waals surface area contributed by atoms with Crippen LogP contribution in [0.3, 0.4) is 0 Å². The zero-order valence-electron chi connectivity index (χ0n) is 9.78. The van der Waals surface area contributed by atoms with E-state index in [1.165, 1.54) is 30.6 Å². The summed E-state index contributed by atoms with van der Waals surface area (Å²) in [6.45, 7) is 2.81. The summed E-state index contributed by atoms with van der Waals surface area (Å²) in [6.07, 6.45) is 8.04. The maximum atomic E-state index is 5.99. The van der Waals surface area contributed by atoms with E-state index in [0.717, 1.165) is 17.3 Å². The van der Waals surface area contributed by atoms with Gasteiger partial charge in [0, 0.05) is 17.0 Å². The number of nitrogens with two attached hydrogens (primary N) is 1. The highest BCUT2D eigenvalue weighted by molar-refractivity contribution is 7.11. The van der Waals surface area contributed by atoms with Gasteiger partial charge in [-0.15, -0.1) is 11.3 Å². The predicted octanol–water partition coefficient (Wildman–Crippen LogP) is 2.75. The molecule has 0 saturated heterocycles. The highest BCUT2D eigenvalue weighted by atomic mass is 32.1. The minimum Gasteiger partial charge on any atom is -0.387 e. The van der Waals surface area contributed by atoms with Crippen molar-refractivity contribution < 1.29 is 0 Å². The number of hydrogen-bond donors (Lipinski definition) is 1. The van der Waals surface area contributed by atoms with Crippen molar-refractivity contribution in [2.75, 3.05) is 0 Å². The van der Waals surface area contributed by atoms with Crippen LogP contribution in [-0.4, -0.2) is 10.8 Å². The van der Waals surface area contributed by atoms with Gasteiger partial charge in [-0.25, -0.2) is 4.98 Å². The van der Waals surface area contributed by atoms with Crippen LogP contribution in [0.15, 0.2) is 11.2 Å². The second-order valence-corrected chi connectivity index (χ2v) is 5.50. The summed E-state index contributed by atoms with van der Waals surface area (Å²) >= 11 is 1.74. The van der Waals surface area contributed by atoms with Gasteiger partial charge in [-0.2, -0.15) is 0 Å². The van der Waals surface area contributed by atoms with E-state index in [1.807, 2.05) is 6.20 Å². The Morgan fingerprint density at radius 2 is 2.31 bits per heavy atom. The Labute approximate surface area is 101 Å². The van der Waals surface area contributed by atoms with Gasteiger partial charge in [-0.3, -0.25) is 4.99 Å². The zero-order valence-corrected chi connectivity index (χ0v) is 10.6. The van der Waals surface area contributed by atoms with Crippen molar-refractivity contribution in [2.45, 2.75) is 45.6 Å². The van der Waals surface area contributed by atoms with Gasteiger partial charge in [0.25, 0.3) is 0 Å². The number of nitrogens with zero attached hydrogens (tertiary/aromatic N) is 2. The molecule has 0 spiro atoms. The third-order valence-electron chi connectivity index (χ3n) is 3.12. The van der Waals surface area contributed by atoms with Gasteiger partial charge >= 0.3 is 0 Å². The fourth-order valence-corrected chi connectivity index (χ4v) is 2.88. The van der Waals surface area contributed by atoms with Crippen LogP contribution in [0, 0.1) is 5.92 Å². The van der Waals surface area contributed by atoms with Crippen LogP contribution >= 0.6 is 11.3 Å². The Morgan fingerprint density at radius 1 is 1.56 bits per heavy atom. The average molecular weight is 237 g/mol. The molecule has 1 fully saturated rings. The van der Waals surface area contributed by atoms with E-state index in [-0.39, 0.29) is 0 Å². The van der Waals surface area contributed by atoms with Crippen LogP contribution in [0.4, 0.5) is 0 Å². The molecular formula is C12H19N3S. The number of aryl methyl sites for hydroxylation is 1. The van der Waals surface area contributed by atoms with Crippen LogP contribution in [0.25, 0.3) is 0 Å². The fourth-order valence-electron chi connectivity index (χ4n) is 2.09. The second kappa shape index (κ2) is 5.43. The SMILES string of the molecule is CCc1cnc(CN=C(N)C2CCCC2)s1. The lowest BCUT2D eigenvalue weighted by Gasteiger charge is -2.07. The Morgan fingerprint density at radius 3 is 2.94 bits per heavy atom. The molecule has 0 bridgehead atoms. The van der Waals surface area contributed by atoms with Gasteiger partial charge < -0.3 is 5.73 Å². The molecule has 1 aliphatic rings. The number of thiazole rings is 1. The summed E-state index contributed by atoms with van der Waals surface area (Å²) in [5, 5.41) is 1.08. The predicted molar refractivity (Wildman–Crippen MR) is 68.8 cm³/mol. The molecule has 1 heterocycles. The van der Waals surface area contributed by atoms with E-state index >= 15 is 0 Å². The van der Waals surface area contributed by atoms with Gasteiger partial charge in [0.1, 0.15) is 5.01 Å². The van der Waals surface area contributed by atoms with Crippen molar-refractivity contribution in [2.24, 2.45) is 16.6 Å². The van der Waals surface area contributed by atoms with Crippen molar-refractivity contribution in [3.63, 3.8) is 0 Å². The molecule has 1 aromatic rings. The first kappa shape index (κ1) is 11.6. The molecule has 0 atom stereocenters. The summed E-state index contributed by atoms with van der Waals surface area (Å²) in [5.41, 5.74) is 5.99. The van der Waals surface area contributed by atoms with Gasteiger partial charge in [-0.1, -0.05) is 19.8 Å². The molecule has 0 radical (unpaired) electrons. The molecule has 4 heteroatoms. The molecule has 16 heavy (non-hydrogen) atoms. The lowest BCUT2D eigenvalue weighted by atomic mass is 10.1. The molecule has 0 unspecified atom stereocenters. The quantitative estimate of drug-likeness (QED) is 0.646. The minimum absolute atomic E-state index is 0.533. The Bertz CT molecular complexity index is 364. The maximum absolute atomic E-state index is 5.99. The molecule has 3 nitrogen and oxygen atoms in total. The summed E-state index contributed by atoms with van der Waals surface area (Å²) in [5.74, 6) is 1.37. The maximum Gasteiger partial charge on any atom is 0.114 e. The van der Waals surface area contributed by atoms with E-state index in [2.05, 4.69) is 16.9 Å². The smallest absolute Gasteiger partial charge is 0.114 e. The van der Waals surface area contributed by atoms with Gasteiger partial charge in [0.15, 0.2) is 0 Å². The molecule has 1 aliphatic carbocycles. The highest BCUT2D eigenvalue weighted by Gasteiger charge is 2.18. The molecule has 88 valence electrons. The van der Waals surface area contributed by atoms with Crippen molar-refractivity contribution in [1.29, 1.82) is 0 Å². The zero-order chi connectivity index (χ0) is 11.4. The summed E-state index contributed by atoms with van der Waals surface area (Å²) in [7, 11) is 0. The van der Waals surface area contributed by atoms with E-state index in [0.29, 0.717) is 12.5 Å². The van der Waals surface area contributed by atoms with Crippen LogP contribution in [0.1, 0.15) is 42.5 Å². The molecule has 0 amide bonds. The molecule has 0 aromatic carbocycles. The first-order valence-corrected chi connectivity index (χ1v) is 6.84. The average Bonchev–Trinajstić information content (AvgIpc) is 2.96. The number of aromatic nitrogens is 1. The lowest BCUT2D eigenvalue weighted by Crippen LogP contribution is -2.21. The summed E-state index contributed by atoms with van der Waals surface area (Å²) in [6, 6.07) is 0. The van der Waals surface area contributed by atoms with Gasteiger partial charge in [0.2, 0.25) is 0 Å². The van der Waals surface area contributed by atoms with Crippen LogP contribution in [0.5, 0.6) is 0 Å². The van der Waals surface area contributed by atoms with E-state index in [9.17, 15) is 0 Å². The summed E-state index contributed by atoms with van der Waals surface area (Å²) < 4.78 is 0. The molecule has 2 N–H and O–H groups in total. The largest absolute Gasteiger partial charge is 0.387 e. The van der Waals surface area contributed by atoms with Gasteiger partial charge in [-0.05, 0) is 19.3 Å². The van der Waals surface area contributed by atoms with Crippen molar-refractivity contribution in [1.82, 2.24) is 4.98 Å². The Balaban J connectivity index is 1.91. The molecule has 0 aliphatic heterocycles.